The van der Waals surface area contributed by atoms with Crippen LogP contribution in [-0.2, 0) is 16.0 Å². The Bertz CT molecular complexity index is 1110. The van der Waals surface area contributed by atoms with Gasteiger partial charge in [0.05, 0.1) is 6.26 Å². The molecule has 0 fully saturated rings. The maximum absolute atomic E-state index is 12.5. The Morgan fingerprint density at radius 3 is 2.74 bits per heavy atom. The lowest BCUT2D eigenvalue weighted by atomic mass is 10.1. The van der Waals surface area contributed by atoms with Crippen molar-refractivity contribution >= 4 is 23.2 Å². The Hall–Kier alpha value is -3.94. The number of hydrogen-bond donors (Lipinski definition) is 2. The molecule has 8 heteroatoms. The van der Waals surface area contributed by atoms with Gasteiger partial charge in [0.1, 0.15) is 11.8 Å². The zero-order valence-electron chi connectivity index (χ0n) is 16.7. The second-order valence-corrected chi connectivity index (χ2v) is 7.34. The molecule has 0 aliphatic carbocycles. The first-order valence-corrected chi connectivity index (χ1v) is 10.1. The van der Waals surface area contributed by atoms with E-state index in [1.807, 2.05) is 24.3 Å². The number of nitrogens with one attached hydrogen (secondary N) is 2. The fourth-order valence-electron chi connectivity index (χ4n) is 3.96. The van der Waals surface area contributed by atoms with Crippen LogP contribution in [-0.4, -0.2) is 31.7 Å². The normalized spacial score (nSPS) is 14.8. The molecule has 0 bridgehead atoms. The number of ether oxygens (including phenoxy) is 2. The number of furan rings is 1. The van der Waals surface area contributed by atoms with Crippen molar-refractivity contribution in [1.82, 2.24) is 5.32 Å². The average molecular weight is 419 g/mol. The van der Waals surface area contributed by atoms with E-state index >= 15 is 0 Å². The number of carbonyl (C=O) groups excluding carboxylic acids is 2. The molecule has 2 amide bonds. The zero-order chi connectivity index (χ0) is 21.2. The standard InChI is InChI=1S/C23H21N3O5/c27-22(23(28)25-16-7-8-20-21(12-16)31-14-30-20)24-13-18(19-6-3-11-29-19)26-10-9-15-4-1-2-5-17(15)26/h1-8,11-12,18H,9-10,13-14H2,(H,24,27)(H,25,28)/t18-/m1/s1. The van der Waals surface area contributed by atoms with Crippen LogP contribution in [0.15, 0.2) is 65.3 Å². The molecule has 158 valence electrons. The first-order valence-electron chi connectivity index (χ1n) is 10.1. The molecule has 2 N–H and O–H groups in total. The largest absolute Gasteiger partial charge is 0.467 e. The van der Waals surface area contributed by atoms with Gasteiger partial charge in [0.25, 0.3) is 0 Å². The van der Waals surface area contributed by atoms with Crippen molar-refractivity contribution in [3.8, 4) is 11.5 Å². The van der Waals surface area contributed by atoms with Gasteiger partial charge in [0.15, 0.2) is 11.5 Å². The topological polar surface area (TPSA) is 93.0 Å². The van der Waals surface area contributed by atoms with Gasteiger partial charge in [0, 0.05) is 30.5 Å². The van der Waals surface area contributed by atoms with Gasteiger partial charge >= 0.3 is 11.8 Å². The smallest absolute Gasteiger partial charge is 0.313 e. The molecular weight excluding hydrogens is 398 g/mol. The van der Waals surface area contributed by atoms with E-state index in [0.29, 0.717) is 17.2 Å². The number of carbonyl (C=O) groups is 2. The third-order valence-electron chi connectivity index (χ3n) is 5.46. The summed E-state index contributed by atoms with van der Waals surface area (Å²) < 4.78 is 16.2. The highest BCUT2D eigenvalue weighted by Crippen LogP contribution is 2.35. The molecule has 0 spiro atoms. The lowest BCUT2D eigenvalue weighted by Gasteiger charge is -2.29. The molecule has 1 atom stereocenters. The number of hydrogen-bond acceptors (Lipinski definition) is 6. The number of amides is 2. The van der Waals surface area contributed by atoms with Crippen molar-refractivity contribution in [2.75, 3.05) is 30.1 Å². The number of fused-ring (bicyclic) bond motifs is 2. The molecule has 3 aromatic rings. The van der Waals surface area contributed by atoms with Gasteiger partial charge < -0.3 is 29.4 Å². The molecule has 3 heterocycles. The Balaban J connectivity index is 1.26. The van der Waals surface area contributed by atoms with E-state index in [1.54, 1.807) is 24.5 Å². The molecule has 2 aliphatic heterocycles. The fourth-order valence-corrected chi connectivity index (χ4v) is 3.96. The summed E-state index contributed by atoms with van der Waals surface area (Å²) in [6.45, 7) is 1.18. The van der Waals surface area contributed by atoms with Gasteiger partial charge in [-0.05, 0) is 42.3 Å². The van der Waals surface area contributed by atoms with Crippen molar-refractivity contribution in [2.45, 2.75) is 12.5 Å². The van der Waals surface area contributed by atoms with E-state index in [9.17, 15) is 9.59 Å². The molecular formula is C23H21N3O5. The zero-order valence-corrected chi connectivity index (χ0v) is 16.7. The van der Waals surface area contributed by atoms with Crippen LogP contribution in [0.2, 0.25) is 0 Å². The summed E-state index contributed by atoms with van der Waals surface area (Å²) in [5.74, 6) is 0.396. The van der Waals surface area contributed by atoms with E-state index in [1.165, 1.54) is 5.56 Å². The van der Waals surface area contributed by atoms with E-state index in [2.05, 4.69) is 27.7 Å². The maximum atomic E-state index is 12.5. The third-order valence-corrected chi connectivity index (χ3v) is 5.46. The molecule has 0 unspecified atom stereocenters. The fraction of sp³-hybridized carbons (Fsp3) is 0.217. The summed E-state index contributed by atoms with van der Waals surface area (Å²) in [6.07, 6.45) is 2.53. The van der Waals surface area contributed by atoms with Gasteiger partial charge in [-0.25, -0.2) is 0 Å². The van der Waals surface area contributed by atoms with Gasteiger partial charge in [-0.3, -0.25) is 9.59 Å². The van der Waals surface area contributed by atoms with Crippen LogP contribution >= 0.6 is 0 Å². The van der Waals surface area contributed by atoms with Gasteiger partial charge in [-0.1, -0.05) is 18.2 Å². The summed E-state index contributed by atoms with van der Waals surface area (Å²) >= 11 is 0. The molecule has 1 aromatic heterocycles. The van der Waals surface area contributed by atoms with E-state index in [4.69, 9.17) is 13.9 Å². The molecule has 5 rings (SSSR count). The highest BCUT2D eigenvalue weighted by Gasteiger charge is 2.29. The SMILES string of the molecule is O=C(NC[C@H](c1ccco1)N1CCc2ccccc21)C(=O)Nc1ccc2c(c1)OCO2. The highest BCUT2D eigenvalue weighted by molar-refractivity contribution is 6.39. The summed E-state index contributed by atoms with van der Waals surface area (Å²) in [4.78, 5) is 27.1. The van der Waals surface area contributed by atoms with Crippen LogP contribution in [0, 0.1) is 0 Å². The van der Waals surface area contributed by atoms with Crippen LogP contribution < -0.4 is 25.0 Å². The van der Waals surface area contributed by atoms with E-state index < -0.39 is 11.8 Å². The highest BCUT2D eigenvalue weighted by atomic mass is 16.7. The van der Waals surface area contributed by atoms with Crippen molar-refractivity contribution in [1.29, 1.82) is 0 Å². The Morgan fingerprint density at radius 2 is 1.87 bits per heavy atom. The molecule has 31 heavy (non-hydrogen) atoms. The van der Waals surface area contributed by atoms with Gasteiger partial charge in [-0.2, -0.15) is 0 Å². The molecule has 0 radical (unpaired) electrons. The summed E-state index contributed by atoms with van der Waals surface area (Å²) in [5, 5.41) is 5.33. The van der Waals surface area contributed by atoms with Crippen molar-refractivity contribution in [2.24, 2.45) is 0 Å². The second kappa shape index (κ2) is 8.06. The number of rotatable bonds is 5. The minimum absolute atomic E-state index is 0.140. The van der Waals surface area contributed by atoms with Gasteiger partial charge in [-0.15, -0.1) is 0 Å². The van der Waals surface area contributed by atoms with Crippen molar-refractivity contribution < 1.29 is 23.5 Å². The number of anilines is 2. The van der Waals surface area contributed by atoms with E-state index in [-0.39, 0.29) is 19.4 Å². The average Bonchev–Trinajstić information content (AvgIpc) is 3.55. The first kappa shape index (κ1) is 19.0. The molecule has 0 saturated carbocycles. The summed E-state index contributed by atoms with van der Waals surface area (Å²) in [6, 6.07) is 16.6. The minimum atomic E-state index is -0.751. The quantitative estimate of drug-likeness (QED) is 0.618. The van der Waals surface area contributed by atoms with Crippen LogP contribution in [0.3, 0.4) is 0 Å². The Labute approximate surface area is 178 Å². The molecule has 0 saturated heterocycles. The van der Waals surface area contributed by atoms with Crippen LogP contribution in [0.4, 0.5) is 11.4 Å². The minimum Gasteiger partial charge on any atom is -0.467 e. The molecule has 8 nitrogen and oxygen atoms in total. The monoisotopic (exact) mass is 419 g/mol. The lowest BCUT2D eigenvalue weighted by Crippen LogP contribution is -2.41. The molecule has 2 aromatic carbocycles. The van der Waals surface area contributed by atoms with Crippen LogP contribution in [0.1, 0.15) is 17.4 Å². The number of nitrogens with zero attached hydrogens (tertiary/aromatic N) is 1. The maximum Gasteiger partial charge on any atom is 0.313 e. The Morgan fingerprint density at radius 1 is 1.00 bits per heavy atom. The third kappa shape index (κ3) is 3.79. The summed E-state index contributed by atoms with van der Waals surface area (Å²) in [5.41, 5.74) is 2.83. The van der Waals surface area contributed by atoms with Crippen LogP contribution in [0.25, 0.3) is 0 Å². The van der Waals surface area contributed by atoms with Crippen molar-refractivity contribution in [3.05, 3.63) is 72.2 Å². The predicted octanol–water partition coefficient (Wildman–Crippen LogP) is 2.87. The summed E-state index contributed by atoms with van der Waals surface area (Å²) in [7, 11) is 0. The predicted molar refractivity (Wildman–Crippen MR) is 113 cm³/mol. The first-order chi connectivity index (χ1) is 15.2. The van der Waals surface area contributed by atoms with Crippen molar-refractivity contribution in [3.63, 3.8) is 0 Å². The lowest BCUT2D eigenvalue weighted by molar-refractivity contribution is -0.136. The number of para-hydroxylation sites is 1. The van der Waals surface area contributed by atoms with Crippen LogP contribution in [0.5, 0.6) is 11.5 Å². The second-order valence-electron chi connectivity index (χ2n) is 7.34. The van der Waals surface area contributed by atoms with E-state index in [0.717, 1.165) is 24.4 Å². The molecule has 2 aliphatic rings. The van der Waals surface area contributed by atoms with Gasteiger partial charge in [0.2, 0.25) is 6.79 Å². The number of benzene rings is 2. The Kier molecular flexibility index (Phi) is 4.95.